The summed E-state index contributed by atoms with van der Waals surface area (Å²) in [6, 6.07) is 0.373. The Kier molecular flexibility index (Phi) is 7.19. The zero-order valence-corrected chi connectivity index (χ0v) is 12.0. The fraction of sp³-hybridized carbons (Fsp3) is 1.00. The average Bonchev–Trinajstić information content (AvgIpc) is 2.12. The standard InChI is InChI=1S/C11H26N2O2S/c1-6-8-13(11(4)5)16(14,15)9-7-12-10(2)3/h10-12H,6-9H2,1-5H3. The van der Waals surface area contributed by atoms with Gasteiger partial charge in [0.25, 0.3) is 0 Å². The molecule has 0 aromatic carbocycles. The van der Waals surface area contributed by atoms with E-state index in [1.54, 1.807) is 4.31 Å². The van der Waals surface area contributed by atoms with Crippen molar-refractivity contribution >= 4 is 10.0 Å². The van der Waals surface area contributed by atoms with Crippen LogP contribution in [0.4, 0.5) is 0 Å². The molecule has 0 aromatic heterocycles. The molecule has 0 fully saturated rings. The fourth-order valence-electron chi connectivity index (χ4n) is 1.53. The SMILES string of the molecule is CCCN(C(C)C)S(=O)(=O)CCNC(C)C. The van der Waals surface area contributed by atoms with E-state index in [-0.39, 0.29) is 11.8 Å². The van der Waals surface area contributed by atoms with Crippen molar-refractivity contribution in [1.29, 1.82) is 0 Å². The van der Waals surface area contributed by atoms with E-state index in [1.165, 1.54) is 0 Å². The van der Waals surface area contributed by atoms with Gasteiger partial charge in [0.15, 0.2) is 0 Å². The van der Waals surface area contributed by atoms with Crippen molar-refractivity contribution in [2.24, 2.45) is 0 Å². The minimum absolute atomic E-state index is 0.0454. The Bertz CT molecular complexity index is 274. The molecule has 0 aliphatic rings. The van der Waals surface area contributed by atoms with Gasteiger partial charge in [-0.25, -0.2) is 8.42 Å². The maximum Gasteiger partial charge on any atom is 0.215 e. The lowest BCUT2D eigenvalue weighted by molar-refractivity contribution is 0.353. The molecule has 0 atom stereocenters. The summed E-state index contributed by atoms with van der Waals surface area (Å²) in [5.74, 6) is 0.184. The molecule has 0 saturated heterocycles. The molecule has 98 valence electrons. The van der Waals surface area contributed by atoms with Crippen LogP contribution in [0, 0.1) is 0 Å². The number of rotatable bonds is 8. The lowest BCUT2D eigenvalue weighted by Crippen LogP contribution is -2.41. The second-order valence-corrected chi connectivity index (χ2v) is 6.67. The molecule has 0 rings (SSSR count). The van der Waals surface area contributed by atoms with Gasteiger partial charge >= 0.3 is 0 Å². The van der Waals surface area contributed by atoms with Gasteiger partial charge in [0, 0.05) is 25.2 Å². The van der Waals surface area contributed by atoms with Crippen LogP contribution in [0.25, 0.3) is 0 Å². The zero-order valence-electron chi connectivity index (χ0n) is 11.2. The van der Waals surface area contributed by atoms with Gasteiger partial charge in [0.1, 0.15) is 0 Å². The molecule has 0 amide bonds. The highest BCUT2D eigenvalue weighted by molar-refractivity contribution is 7.89. The Labute approximate surface area is 100 Å². The molecular formula is C11H26N2O2S. The molecule has 4 nitrogen and oxygen atoms in total. The predicted molar refractivity (Wildman–Crippen MR) is 69.1 cm³/mol. The quantitative estimate of drug-likeness (QED) is 0.709. The van der Waals surface area contributed by atoms with E-state index < -0.39 is 10.0 Å². The Hall–Kier alpha value is -0.130. The van der Waals surface area contributed by atoms with Crippen LogP contribution in [0.5, 0.6) is 0 Å². The molecule has 1 N–H and O–H groups in total. The van der Waals surface area contributed by atoms with Crippen LogP contribution in [0.3, 0.4) is 0 Å². The molecule has 0 spiro atoms. The van der Waals surface area contributed by atoms with Crippen LogP contribution in [-0.4, -0.2) is 43.6 Å². The van der Waals surface area contributed by atoms with Crippen LogP contribution in [-0.2, 0) is 10.0 Å². The molecule has 0 radical (unpaired) electrons. The van der Waals surface area contributed by atoms with E-state index in [4.69, 9.17) is 0 Å². The number of hydrogen-bond donors (Lipinski definition) is 1. The van der Waals surface area contributed by atoms with Gasteiger partial charge in [0.2, 0.25) is 10.0 Å². The second-order valence-electron chi connectivity index (χ2n) is 4.63. The van der Waals surface area contributed by atoms with Gasteiger partial charge in [0.05, 0.1) is 5.75 Å². The Balaban J connectivity index is 4.37. The second kappa shape index (κ2) is 7.25. The maximum atomic E-state index is 12.0. The summed E-state index contributed by atoms with van der Waals surface area (Å²) < 4.78 is 25.7. The van der Waals surface area contributed by atoms with Crippen LogP contribution in [0.1, 0.15) is 41.0 Å². The van der Waals surface area contributed by atoms with Crippen LogP contribution < -0.4 is 5.32 Å². The highest BCUT2D eigenvalue weighted by atomic mass is 32.2. The Morgan fingerprint density at radius 1 is 1.19 bits per heavy atom. The molecule has 0 aliphatic heterocycles. The molecule has 0 aromatic rings. The van der Waals surface area contributed by atoms with Gasteiger partial charge in [-0.2, -0.15) is 4.31 Å². The highest BCUT2D eigenvalue weighted by Gasteiger charge is 2.23. The van der Waals surface area contributed by atoms with Crippen molar-refractivity contribution in [2.45, 2.75) is 53.1 Å². The first-order chi connectivity index (χ1) is 7.31. The third-order valence-electron chi connectivity index (χ3n) is 2.29. The van der Waals surface area contributed by atoms with E-state index in [1.807, 2.05) is 34.6 Å². The lowest BCUT2D eigenvalue weighted by atomic mass is 10.4. The van der Waals surface area contributed by atoms with Crippen molar-refractivity contribution in [2.75, 3.05) is 18.8 Å². The van der Waals surface area contributed by atoms with Crippen molar-refractivity contribution in [3.05, 3.63) is 0 Å². The van der Waals surface area contributed by atoms with Gasteiger partial charge < -0.3 is 5.32 Å². The largest absolute Gasteiger partial charge is 0.313 e. The molecule has 0 aliphatic carbocycles. The molecule has 0 bridgehead atoms. The molecule has 5 heteroatoms. The monoisotopic (exact) mass is 250 g/mol. The van der Waals surface area contributed by atoms with Crippen LogP contribution >= 0.6 is 0 Å². The summed E-state index contributed by atoms with van der Waals surface area (Å²) in [6.07, 6.45) is 0.856. The third-order valence-corrected chi connectivity index (χ3v) is 4.33. The van der Waals surface area contributed by atoms with Gasteiger partial charge in [-0.3, -0.25) is 0 Å². The number of nitrogens with zero attached hydrogens (tertiary/aromatic N) is 1. The normalized spacial score (nSPS) is 13.0. The summed E-state index contributed by atoms with van der Waals surface area (Å²) in [5.41, 5.74) is 0. The predicted octanol–water partition coefficient (Wildman–Crippen LogP) is 1.43. The molecule has 0 unspecified atom stereocenters. The van der Waals surface area contributed by atoms with E-state index in [0.29, 0.717) is 19.1 Å². The Morgan fingerprint density at radius 3 is 2.12 bits per heavy atom. The number of sulfonamides is 1. The lowest BCUT2D eigenvalue weighted by Gasteiger charge is -2.25. The van der Waals surface area contributed by atoms with Gasteiger partial charge in [-0.15, -0.1) is 0 Å². The van der Waals surface area contributed by atoms with Gasteiger partial charge in [-0.1, -0.05) is 20.8 Å². The smallest absolute Gasteiger partial charge is 0.215 e. The van der Waals surface area contributed by atoms with E-state index in [0.717, 1.165) is 6.42 Å². The van der Waals surface area contributed by atoms with Crippen molar-refractivity contribution < 1.29 is 8.42 Å². The van der Waals surface area contributed by atoms with Crippen LogP contribution in [0.15, 0.2) is 0 Å². The summed E-state index contributed by atoms with van der Waals surface area (Å²) in [5, 5.41) is 3.13. The van der Waals surface area contributed by atoms with Crippen LogP contribution in [0.2, 0.25) is 0 Å². The third kappa shape index (κ3) is 5.82. The highest BCUT2D eigenvalue weighted by Crippen LogP contribution is 2.08. The summed E-state index contributed by atoms with van der Waals surface area (Å²) in [4.78, 5) is 0. The molecular weight excluding hydrogens is 224 g/mol. The van der Waals surface area contributed by atoms with Crippen molar-refractivity contribution in [3.63, 3.8) is 0 Å². The van der Waals surface area contributed by atoms with E-state index in [9.17, 15) is 8.42 Å². The topological polar surface area (TPSA) is 49.4 Å². The zero-order chi connectivity index (χ0) is 12.8. The minimum Gasteiger partial charge on any atom is -0.313 e. The molecule has 0 heterocycles. The van der Waals surface area contributed by atoms with E-state index >= 15 is 0 Å². The first-order valence-electron chi connectivity index (χ1n) is 6.04. The van der Waals surface area contributed by atoms with Crippen molar-refractivity contribution in [1.82, 2.24) is 9.62 Å². The number of hydrogen-bond acceptors (Lipinski definition) is 3. The first kappa shape index (κ1) is 15.9. The van der Waals surface area contributed by atoms with Gasteiger partial charge in [-0.05, 0) is 20.3 Å². The maximum absolute atomic E-state index is 12.0. The molecule has 16 heavy (non-hydrogen) atoms. The number of nitrogens with one attached hydrogen (secondary N) is 1. The fourth-order valence-corrected chi connectivity index (χ4v) is 3.25. The minimum atomic E-state index is -3.11. The average molecular weight is 250 g/mol. The summed E-state index contributed by atoms with van der Waals surface area (Å²) >= 11 is 0. The Morgan fingerprint density at radius 2 is 1.75 bits per heavy atom. The molecule has 0 saturated carbocycles. The summed E-state index contributed by atoms with van der Waals surface area (Å²) in [7, 11) is -3.11. The van der Waals surface area contributed by atoms with Crippen molar-refractivity contribution in [3.8, 4) is 0 Å². The first-order valence-corrected chi connectivity index (χ1v) is 7.65. The van der Waals surface area contributed by atoms with E-state index in [2.05, 4.69) is 5.32 Å². The summed E-state index contributed by atoms with van der Waals surface area (Å²) in [6.45, 7) is 11.0.